The Balaban J connectivity index is 1.33. The molecule has 4 aromatic rings. The number of hydrogen-bond donors (Lipinski definition) is 1. The molecule has 0 unspecified atom stereocenters. The van der Waals surface area contributed by atoms with Crippen LogP contribution in [-0.4, -0.2) is 73.7 Å². The zero-order chi connectivity index (χ0) is 29.1. The van der Waals surface area contributed by atoms with Gasteiger partial charge in [0.25, 0.3) is 0 Å². The van der Waals surface area contributed by atoms with Gasteiger partial charge in [0.2, 0.25) is 5.95 Å². The van der Waals surface area contributed by atoms with E-state index in [2.05, 4.69) is 47.2 Å². The molecule has 10 heteroatoms. The number of pyridine rings is 1. The number of nitrogens with one attached hydrogen (secondary N) is 1. The minimum Gasteiger partial charge on any atom is -0.496 e. The van der Waals surface area contributed by atoms with Crippen molar-refractivity contribution in [1.82, 2.24) is 20.3 Å². The number of methoxy groups -OCH3 is 1. The minimum atomic E-state index is 0.100. The molecule has 2 saturated heterocycles. The molecule has 1 N–H and O–H groups in total. The second-order valence-electron chi connectivity index (χ2n) is 10.9. The third-order valence-electron chi connectivity index (χ3n) is 7.71. The third-order valence-corrected chi connectivity index (χ3v) is 8.07. The number of ether oxygens (including phenoxy) is 3. The SMILES string of the molecule is COc1ccc(-c2ccc3c(N4CCOCC4)nc(N4C[C@@H](C)O[C@@H](C)C4)nc3n2)cc1CNCc1ccccc1[35Cl]. The molecule has 0 radical (unpaired) electrons. The lowest BCUT2D eigenvalue weighted by Gasteiger charge is -2.36. The number of benzene rings is 2. The molecule has 6 rings (SSSR count). The summed E-state index contributed by atoms with van der Waals surface area (Å²) in [6.45, 7) is 9.86. The van der Waals surface area contributed by atoms with Crippen LogP contribution in [0.5, 0.6) is 5.75 Å². The Morgan fingerprint density at radius 3 is 2.43 bits per heavy atom. The molecular formula is C32H37ClN6O3. The molecule has 0 saturated carbocycles. The predicted molar refractivity (Wildman–Crippen MR) is 167 cm³/mol. The summed E-state index contributed by atoms with van der Waals surface area (Å²) in [6, 6.07) is 18.2. The van der Waals surface area contributed by atoms with Gasteiger partial charge in [0.05, 0.1) is 43.6 Å². The fourth-order valence-corrected chi connectivity index (χ4v) is 5.89. The van der Waals surface area contributed by atoms with Gasteiger partial charge in [-0.05, 0) is 55.8 Å². The lowest BCUT2D eigenvalue weighted by Crippen LogP contribution is -2.46. The van der Waals surface area contributed by atoms with E-state index in [1.165, 1.54) is 0 Å². The quantitative estimate of drug-likeness (QED) is 0.303. The van der Waals surface area contributed by atoms with Crippen molar-refractivity contribution < 1.29 is 14.2 Å². The van der Waals surface area contributed by atoms with E-state index < -0.39 is 0 Å². The van der Waals surface area contributed by atoms with Crippen LogP contribution in [-0.2, 0) is 22.6 Å². The van der Waals surface area contributed by atoms with Gasteiger partial charge >= 0.3 is 0 Å². The number of anilines is 2. The molecule has 0 aliphatic carbocycles. The lowest BCUT2D eigenvalue weighted by atomic mass is 10.1. The first-order chi connectivity index (χ1) is 20.5. The topological polar surface area (TPSA) is 84.9 Å². The summed E-state index contributed by atoms with van der Waals surface area (Å²) in [4.78, 5) is 19.7. The molecule has 0 bridgehead atoms. The first kappa shape index (κ1) is 28.6. The number of fused-ring (bicyclic) bond motifs is 1. The molecule has 2 aromatic carbocycles. The standard InChI is InChI=1S/C32H37ClN6O3/c1-21-19-39(20-22(2)42-21)32-36-30-26(31(37-32)38-12-14-41-15-13-38)9-10-28(35-30)23-8-11-29(40-3)25(16-23)18-34-17-24-6-4-5-7-27(24)33/h4-11,16,21-22,34H,12-15,17-20H2,1-3H3/t21-,22+/i33+0. The van der Waals surface area contributed by atoms with E-state index in [0.717, 1.165) is 70.5 Å². The van der Waals surface area contributed by atoms with Crippen LogP contribution < -0.4 is 19.9 Å². The highest BCUT2D eigenvalue weighted by molar-refractivity contribution is 6.31. The number of morpholine rings is 2. The summed E-state index contributed by atoms with van der Waals surface area (Å²) in [5.41, 5.74) is 4.62. The van der Waals surface area contributed by atoms with E-state index in [4.69, 9.17) is 40.8 Å². The summed E-state index contributed by atoms with van der Waals surface area (Å²) < 4.78 is 17.3. The number of halogens is 1. The summed E-state index contributed by atoms with van der Waals surface area (Å²) >= 11 is 6.35. The Bertz CT molecular complexity index is 1540. The van der Waals surface area contributed by atoms with Crippen LogP contribution in [0.2, 0.25) is 5.02 Å². The van der Waals surface area contributed by atoms with E-state index in [0.29, 0.717) is 37.9 Å². The van der Waals surface area contributed by atoms with E-state index in [1.807, 2.05) is 36.4 Å². The first-order valence-corrected chi connectivity index (χ1v) is 14.9. The molecule has 2 fully saturated rings. The van der Waals surface area contributed by atoms with Crippen molar-refractivity contribution in [3.8, 4) is 17.0 Å². The van der Waals surface area contributed by atoms with Crippen LogP contribution in [0.4, 0.5) is 11.8 Å². The van der Waals surface area contributed by atoms with Crippen LogP contribution >= 0.6 is 11.6 Å². The van der Waals surface area contributed by atoms with E-state index in [9.17, 15) is 0 Å². The first-order valence-electron chi connectivity index (χ1n) is 14.5. The van der Waals surface area contributed by atoms with Crippen LogP contribution in [0.3, 0.4) is 0 Å². The molecule has 42 heavy (non-hydrogen) atoms. The maximum absolute atomic E-state index is 6.35. The van der Waals surface area contributed by atoms with E-state index >= 15 is 0 Å². The zero-order valence-electron chi connectivity index (χ0n) is 24.3. The molecule has 220 valence electrons. The number of nitrogens with zero attached hydrogens (tertiary/aromatic N) is 5. The molecule has 2 aromatic heterocycles. The highest BCUT2D eigenvalue weighted by atomic mass is 35.0. The zero-order valence-corrected chi connectivity index (χ0v) is 25.1. The van der Waals surface area contributed by atoms with E-state index in [1.54, 1.807) is 7.11 Å². The number of rotatable bonds is 8. The van der Waals surface area contributed by atoms with Crippen LogP contribution in [0, 0.1) is 0 Å². The Labute approximate surface area is 251 Å². The van der Waals surface area contributed by atoms with Gasteiger partial charge in [0.15, 0.2) is 5.65 Å². The van der Waals surface area contributed by atoms with Crippen molar-refractivity contribution in [3.05, 3.63) is 70.7 Å². The second kappa shape index (κ2) is 12.8. The highest BCUT2D eigenvalue weighted by Gasteiger charge is 2.27. The minimum absolute atomic E-state index is 0.100. The number of aromatic nitrogens is 3. The van der Waals surface area contributed by atoms with Crippen LogP contribution in [0.15, 0.2) is 54.6 Å². The molecule has 9 nitrogen and oxygen atoms in total. The van der Waals surface area contributed by atoms with Crippen molar-refractivity contribution in [1.29, 1.82) is 0 Å². The van der Waals surface area contributed by atoms with Crippen molar-refractivity contribution >= 4 is 34.4 Å². The predicted octanol–water partition coefficient (Wildman–Crippen LogP) is 5.09. The Morgan fingerprint density at radius 2 is 1.67 bits per heavy atom. The Hall–Kier alpha value is -3.50. The molecule has 0 amide bonds. The van der Waals surface area contributed by atoms with Gasteiger partial charge in [0, 0.05) is 55.4 Å². The van der Waals surface area contributed by atoms with Gasteiger partial charge in [-0.15, -0.1) is 0 Å². The highest BCUT2D eigenvalue weighted by Crippen LogP contribution is 2.31. The number of hydrogen-bond acceptors (Lipinski definition) is 9. The second-order valence-corrected chi connectivity index (χ2v) is 11.3. The molecule has 2 atom stereocenters. The van der Waals surface area contributed by atoms with Crippen molar-refractivity contribution in [2.75, 3.05) is 56.3 Å². The molecule has 0 spiro atoms. The van der Waals surface area contributed by atoms with Crippen molar-refractivity contribution in [3.63, 3.8) is 0 Å². The van der Waals surface area contributed by atoms with Gasteiger partial charge in [-0.1, -0.05) is 29.8 Å². The average Bonchev–Trinajstić information content (AvgIpc) is 3.01. The Morgan fingerprint density at radius 1 is 0.905 bits per heavy atom. The fourth-order valence-electron chi connectivity index (χ4n) is 5.69. The van der Waals surface area contributed by atoms with Gasteiger partial charge in [-0.25, -0.2) is 4.98 Å². The summed E-state index contributed by atoms with van der Waals surface area (Å²) in [5.74, 6) is 2.42. The summed E-state index contributed by atoms with van der Waals surface area (Å²) in [5, 5.41) is 5.19. The lowest BCUT2D eigenvalue weighted by molar-refractivity contribution is -0.00570. The van der Waals surface area contributed by atoms with Crippen LogP contribution in [0.1, 0.15) is 25.0 Å². The summed E-state index contributed by atoms with van der Waals surface area (Å²) in [6.07, 6.45) is 0.201. The third kappa shape index (κ3) is 6.29. The fraction of sp³-hybridized carbons (Fsp3) is 0.406. The van der Waals surface area contributed by atoms with Crippen molar-refractivity contribution in [2.45, 2.75) is 39.1 Å². The smallest absolute Gasteiger partial charge is 0.229 e. The molecule has 2 aliphatic rings. The van der Waals surface area contributed by atoms with Crippen molar-refractivity contribution in [2.24, 2.45) is 0 Å². The average molecular weight is 589 g/mol. The van der Waals surface area contributed by atoms with Gasteiger partial charge in [0.1, 0.15) is 11.6 Å². The van der Waals surface area contributed by atoms with Gasteiger partial charge < -0.3 is 29.3 Å². The molecule has 2 aliphatic heterocycles. The van der Waals surface area contributed by atoms with E-state index in [-0.39, 0.29) is 12.2 Å². The monoisotopic (exact) mass is 588 g/mol. The largest absolute Gasteiger partial charge is 0.496 e. The maximum Gasteiger partial charge on any atom is 0.229 e. The van der Waals surface area contributed by atoms with Gasteiger partial charge in [-0.2, -0.15) is 9.97 Å². The maximum atomic E-state index is 6.35. The van der Waals surface area contributed by atoms with Gasteiger partial charge in [-0.3, -0.25) is 0 Å². The summed E-state index contributed by atoms with van der Waals surface area (Å²) in [7, 11) is 1.69. The normalized spacial score (nSPS) is 19.3. The Kier molecular flexibility index (Phi) is 8.71. The molecule has 4 heterocycles. The molecular weight excluding hydrogens is 551 g/mol. The van der Waals surface area contributed by atoms with Crippen LogP contribution in [0.25, 0.3) is 22.3 Å².